The molecule has 19 heavy (non-hydrogen) atoms. The van der Waals surface area contributed by atoms with Crippen molar-refractivity contribution in [2.45, 2.75) is 19.6 Å². The third-order valence-electron chi connectivity index (χ3n) is 2.49. The van der Waals surface area contributed by atoms with E-state index in [-0.39, 0.29) is 11.5 Å². The predicted molar refractivity (Wildman–Crippen MR) is 63.5 cm³/mol. The lowest BCUT2D eigenvalue weighted by Gasteiger charge is -2.08. The standard InChI is InChI=1S/C11H12F3N5/c1-3-19-6-7(5-16-19)8-4-9(15-2)18-10(17-8)11(12,13)14/h4-6H,3H2,1-2H3,(H,15,17,18). The first-order valence-corrected chi connectivity index (χ1v) is 5.61. The van der Waals surface area contributed by atoms with Crippen LogP contribution in [0.5, 0.6) is 0 Å². The second-order valence-electron chi connectivity index (χ2n) is 3.79. The number of rotatable bonds is 3. The van der Waals surface area contributed by atoms with E-state index in [1.54, 1.807) is 10.9 Å². The van der Waals surface area contributed by atoms with E-state index >= 15 is 0 Å². The number of anilines is 1. The number of hydrogen-bond donors (Lipinski definition) is 1. The zero-order chi connectivity index (χ0) is 14.0. The van der Waals surface area contributed by atoms with E-state index in [2.05, 4.69) is 20.4 Å². The van der Waals surface area contributed by atoms with Crippen LogP contribution in [0.3, 0.4) is 0 Å². The monoisotopic (exact) mass is 271 g/mol. The highest BCUT2D eigenvalue weighted by Gasteiger charge is 2.35. The van der Waals surface area contributed by atoms with Gasteiger partial charge < -0.3 is 5.32 Å². The summed E-state index contributed by atoms with van der Waals surface area (Å²) in [6.45, 7) is 2.52. The van der Waals surface area contributed by atoms with Gasteiger partial charge in [0.1, 0.15) is 5.82 Å². The van der Waals surface area contributed by atoms with Crippen molar-refractivity contribution in [3.8, 4) is 11.3 Å². The quantitative estimate of drug-likeness (QED) is 0.931. The van der Waals surface area contributed by atoms with Gasteiger partial charge in [-0.05, 0) is 6.92 Å². The molecule has 2 aromatic rings. The maximum Gasteiger partial charge on any atom is 0.451 e. The number of halogens is 3. The van der Waals surface area contributed by atoms with Crippen LogP contribution < -0.4 is 5.32 Å². The zero-order valence-corrected chi connectivity index (χ0v) is 10.4. The number of nitrogens with zero attached hydrogens (tertiary/aromatic N) is 4. The van der Waals surface area contributed by atoms with Crippen LogP contribution >= 0.6 is 0 Å². The summed E-state index contributed by atoms with van der Waals surface area (Å²) in [6, 6.07) is 1.45. The van der Waals surface area contributed by atoms with Gasteiger partial charge in [0, 0.05) is 31.4 Å². The Kier molecular flexibility index (Phi) is 3.41. The topological polar surface area (TPSA) is 55.6 Å². The minimum atomic E-state index is -4.58. The Balaban J connectivity index is 2.50. The SMILES string of the molecule is CCn1cc(-c2cc(NC)nc(C(F)(F)F)n2)cn1. The van der Waals surface area contributed by atoms with Gasteiger partial charge in [-0.25, -0.2) is 9.97 Å². The highest BCUT2D eigenvalue weighted by Crippen LogP contribution is 2.29. The minimum Gasteiger partial charge on any atom is -0.373 e. The maximum atomic E-state index is 12.7. The summed E-state index contributed by atoms with van der Waals surface area (Å²) in [7, 11) is 1.50. The van der Waals surface area contributed by atoms with Crippen molar-refractivity contribution in [2.75, 3.05) is 12.4 Å². The van der Waals surface area contributed by atoms with Gasteiger partial charge in [0.15, 0.2) is 0 Å². The molecule has 0 atom stereocenters. The Morgan fingerprint density at radius 1 is 1.32 bits per heavy atom. The fraction of sp³-hybridized carbons (Fsp3) is 0.364. The molecular formula is C11H12F3N5. The fourth-order valence-corrected chi connectivity index (χ4v) is 1.52. The summed E-state index contributed by atoms with van der Waals surface area (Å²) in [6.07, 6.45) is -1.46. The first kappa shape index (κ1) is 13.3. The Labute approximate surface area is 107 Å². The Morgan fingerprint density at radius 3 is 2.58 bits per heavy atom. The average Bonchev–Trinajstić information content (AvgIpc) is 2.86. The van der Waals surface area contributed by atoms with Crippen molar-refractivity contribution in [3.63, 3.8) is 0 Å². The molecule has 2 aromatic heterocycles. The lowest BCUT2D eigenvalue weighted by molar-refractivity contribution is -0.144. The number of nitrogens with one attached hydrogen (secondary N) is 1. The molecule has 0 bridgehead atoms. The second kappa shape index (κ2) is 4.87. The van der Waals surface area contributed by atoms with E-state index in [0.29, 0.717) is 12.1 Å². The van der Waals surface area contributed by atoms with Crippen molar-refractivity contribution in [3.05, 3.63) is 24.3 Å². The molecule has 102 valence electrons. The summed E-state index contributed by atoms with van der Waals surface area (Å²) >= 11 is 0. The van der Waals surface area contributed by atoms with E-state index in [1.165, 1.54) is 19.3 Å². The summed E-state index contributed by atoms with van der Waals surface area (Å²) in [5.41, 5.74) is 0.706. The highest BCUT2D eigenvalue weighted by atomic mass is 19.4. The predicted octanol–water partition coefficient (Wildman–Crippen LogP) is 2.42. The molecule has 8 heteroatoms. The smallest absolute Gasteiger partial charge is 0.373 e. The largest absolute Gasteiger partial charge is 0.451 e. The molecule has 0 spiro atoms. The van der Waals surface area contributed by atoms with E-state index in [9.17, 15) is 13.2 Å². The minimum absolute atomic E-state index is 0.113. The molecule has 2 heterocycles. The third-order valence-corrected chi connectivity index (χ3v) is 2.49. The van der Waals surface area contributed by atoms with Crippen LogP contribution in [0.25, 0.3) is 11.3 Å². The van der Waals surface area contributed by atoms with Crippen LogP contribution in [0.2, 0.25) is 0 Å². The van der Waals surface area contributed by atoms with Crippen LogP contribution in [-0.2, 0) is 12.7 Å². The van der Waals surface area contributed by atoms with Crippen molar-refractivity contribution in [1.82, 2.24) is 19.7 Å². The molecule has 1 N–H and O–H groups in total. The molecule has 0 unspecified atom stereocenters. The van der Waals surface area contributed by atoms with Crippen LogP contribution in [-0.4, -0.2) is 26.8 Å². The number of hydrogen-bond acceptors (Lipinski definition) is 4. The molecular weight excluding hydrogens is 259 g/mol. The van der Waals surface area contributed by atoms with Gasteiger partial charge in [-0.3, -0.25) is 4.68 Å². The molecule has 0 aliphatic rings. The van der Waals surface area contributed by atoms with E-state index in [0.717, 1.165) is 0 Å². The summed E-state index contributed by atoms with van der Waals surface area (Å²) in [5.74, 6) is -1.06. The first-order valence-electron chi connectivity index (χ1n) is 5.61. The van der Waals surface area contributed by atoms with Crippen LogP contribution in [0, 0.1) is 0 Å². The van der Waals surface area contributed by atoms with Crippen LogP contribution in [0.15, 0.2) is 18.5 Å². The van der Waals surface area contributed by atoms with Crippen molar-refractivity contribution in [2.24, 2.45) is 0 Å². The van der Waals surface area contributed by atoms with Gasteiger partial charge in [-0.15, -0.1) is 0 Å². The Morgan fingerprint density at radius 2 is 2.05 bits per heavy atom. The average molecular weight is 271 g/mol. The molecule has 0 fully saturated rings. The van der Waals surface area contributed by atoms with E-state index < -0.39 is 12.0 Å². The zero-order valence-electron chi connectivity index (χ0n) is 10.4. The van der Waals surface area contributed by atoms with Gasteiger partial charge in [0.2, 0.25) is 5.82 Å². The lowest BCUT2D eigenvalue weighted by Crippen LogP contribution is -2.13. The fourth-order valence-electron chi connectivity index (χ4n) is 1.52. The van der Waals surface area contributed by atoms with Gasteiger partial charge in [-0.2, -0.15) is 18.3 Å². The second-order valence-corrected chi connectivity index (χ2v) is 3.79. The van der Waals surface area contributed by atoms with Crippen LogP contribution in [0.1, 0.15) is 12.7 Å². The van der Waals surface area contributed by atoms with Crippen LogP contribution in [0.4, 0.5) is 19.0 Å². The summed E-state index contributed by atoms with van der Waals surface area (Å²) < 4.78 is 39.7. The Bertz CT molecular complexity index is 576. The molecule has 0 aliphatic carbocycles. The molecule has 0 saturated heterocycles. The summed E-state index contributed by atoms with van der Waals surface area (Å²) in [5, 5.41) is 6.61. The van der Waals surface area contributed by atoms with E-state index in [4.69, 9.17) is 0 Å². The highest BCUT2D eigenvalue weighted by molar-refractivity contribution is 5.61. The van der Waals surface area contributed by atoms with Gasteiger partial charge in [0.05, 0.1) is 11.9 Å². The maximum absolute atomic E-state index is 12.7. The lowest BCUT2D eigenvalue weighted by atomic mass is 10.2. The normalized spacial score (nSPS) is 11.6. The van der Waals surface area contributed by atoms with Gasteiger partial charge in [-0.1, -0.05) is 0 Å². The molecule has 5 nitrogen and oxygen atoms in total. The molecule has 0 saturated carbocycles. The van der Waals surface area contributed by atoms with Crippen molar-refractivity contribution < 1.29 is 13.2 Å². The molecule has 2 rings (SSSR count). The molecule has 0 amide bonds. The molecule has 0 aliphatic heterocycles. The van der Waals surface area contributed by atoms with Crippen molar-refractivity contribution >= 4 is 5.82 Å². The molecule has 0 radical (unpaired) electrons. The van der Waals surface area contributed by atoms with Crippen molar-refractivity contribution in [1.29, 1.82) is 0 Å². The first-order chi connectivity index (χ1) is 8.94. The molecule has 0 aromatic carbocycles. The van der Waals surface area contributed by atoms with E-state index in [1.807, 2.05) is 6.92 Å². The number of aromatic nitrogens is 4. The Hall–Kier alpha value is -2.12. The number of alkyl halides is 3. The van der Waals surface area contributed by atoms with Gasteiger partial charge in [0.25, 0.3) is 0 Å². The number of aryl methyl sites for hydroxylation is 1. The third kappa shape index (κ3) is 2.83. The van der Waals surface area contributed by atoms with Gasteiger partial charge >= 0.3 is 6.18 Å². The summed E-state index contributed by atoms with van der Waals surface area (Å²) in [4.78, 5) is 6.94.